The molecular formula is C17H15N3O2. The average molecular weight is 293 g/mol. The van der Waals surface area contributed by atoms with E-state index in [2.05, 4.69) is 10.4 Å². The molecule has 2 aromatic carbocycles. The Morgan fingerprint density at radius 1 is 1.09 bits per heavy atom. The molecule has 0 aliphatic rings. The first kappa shape index (κ1) is 14.0. The van der Waals surface area contributed by atoms with E-state index in [4.69, 9.17) is 0 Å². The van der Waals surface area contributed by atoms with Crippen LogP contribution in [-0.4, -0.2) is 15.7 Å². The van der Waals surface area contributed by atoms with E-state index in [1.54, 1.807) is 37.4 Å². The summed E-state index contributed by atoms with van der Waals surface area (Å²) < 4.78 is 1.21. The summed E-state index contributed by atoms with van der Waals surface area (Å²) in [5, 5.41) is 8.21. The number of hydrogen-bond acceptors (Lipinski definition) is 3. The smallest absolute Gasteiger partial charge is 0.275 e. The van der Waals surface area contributed by atoms with Gasteiger partial charge in [-0.1, -0.05) is 36.4 Å². The highest BCUT2D eigenvalue weighted by atomic mass is 16.2. The fourth-order valence-corrected chi connectivity index (χ4v) is 2.26. The number of benzene rings is 2. The van der Waals surface area contributed by atoms with Gasteiger partial charge in [0, 0.05) is 11.1 Å². The van der Waals surface area contributed by atoms with Gasteiger partial charge in [0.05, 0.1) is 11.6 Å². The number of carbonyl (C=O) groups is 1. The fourth-order valence-electron chi connectivity index (χ4n) is 2.26. The number of amides is 1. The van der Waals surface area contributed by atoms with Gasteiger partial charge in [0.15, 0.2) is 0 Å². The topological polar surface area (TPSA) is 64.0 Å². The maximum Gasteiger partial charge on any atom is 0.275 e. The van der Waals surface area contributed by atoms with Crippen molar-refractivity contribution in [3.8, 4) is 0 Å². The Labute approximate surface area is 127 Å². The molecule has 1 aromatic heterocycles. The zero-order valence-electron chi connectivity index (χ0n) is 12.1. The fraction of sp³-hybridized carbons (Fsp3) is 0.118. The van der Waals surface area contributed by atoms with E-state index >= 15 is 0 Å². The van der Waals surface area contributed by atoms with Crippen molar-refractivity contribution in [1.82, 2.24) is 9.78 Å². The van der Waals surface area contributed by atoms with Crippen LogP contribution >= 0.6 is 0 Å². The molecule has 0 saturated heterocycles. The molecule has 3 aromatic rings. The molecule has 0 radical (unpaired) electrons. The monoisotopic (exact) mass is 293 g/mol. The van der Waals surface area contributed by atoms with Crippen LogP contribution in [-0.2, 0) is 4.79 Å². The lowest BCUT2D eigenvalue weighted by atomic mass is 10.2. The van der Waals surface area contributed by atoms with E-state index in [9.17, 15) is 9.59 Å². The van der Waals surface area contributed by atoms with Gasteiger partial charge >= 0.3 is 0 Å². The van der Waals surface area contributed by atoms with Crippen molar-refractivity contribution < 1.29 is 4.79 Å². The Morgan fingerprint density at radius 2 is 1.77 bits per heavy atom. The van der Waals surface area contributed by atoms with Crippen molar-refractivity contribution in [2.24, 2.45) is 0 Å². The quantitative estimate of drug-likeness (QED) is 0.807. The summed E-state index contributed by atoms with van der Waals surface area (Å²) in [6, 6.07) is 15.6. The van der Waals surface area contributed by atoms with Crippen LogP contribution < -0.4 is 10.9 Å². The summed E-state index contributed by atoms with van der Waals surface area (Å²) >= 11 is 0. The second-order valence-corrected chi connectivity index (χ2v) is 5.01. The van der Waals surface area contributed by atoms with Crippen molar-refractivity contribution >= 4 is 22.4 Å². The largest absolute Gasteiger partial charge is 0.324 e. The Hall–Kier alpha value is -2.95. The number of aromatic nitrogens is 2. The normalized spacial score (nSPS) is 12.0. The van der Waals surface area contributed by atoms with Crippen LogP contribution in [0.15, 0.2) is 65.6 Å². The van der Waals surface area contributed by atoms with Crippen molar-refractivity contribution in [3.05, 3.63) is 71.1 Å². The van der Waals surface area contributed by atoms with Gasteiger partial charge in [-0.2, -0.15) is 5.10 Å². The molecule has 1 heterocycles. The predicted octanol–water partition coefficient (Wildman–Crippen LogP) is 2.60. The van der Waals surface area contributed by atoms with Crippen molar-refractivity contribution in [2.75, 3.05) is 5.32 Å². The summed E-state index contributed by atoms with van der Waals surface area (Å²) in [5.41, 5.74) is 0.419. The van der Waals surface area contributed by atoms with Gasteiger partial charge in [0.1, 0.15) is 6.04 Å². The molecule has 0 aliphatic carbocycles. The number of fused-ring (bicyclic) bond motifs is 1. The van der Waals surface area contributed by atoms with E-state index < -0.39 is 6.04 Å². The molecule has 5 heteroatoms. The van der Waals surface area contributed by atoms with Gasteiger partial charge in [-0.25, -0.2) is 4.68 Å². The Bertz CT molecular complexity index is 872. The molecule has 0 fully saturated rings. The third kappa shape index (κ3) is 2.61. The van der Waals surface area contributed by atoms with Crippen LogP contribution in [0.5, 0.6) is 0 Å². The number of para-hydroxylation sites is 1. The van der Waals surface area contributed by atoms with Gasteiger partial charge < -0.3 is 5.32 Å². The minimum atomic E-state index is -0.697. The number of rotatable bonds is 3. The molecule has 0 saturated carbocycles. The summed E-state index contributed by atoms with van der Waals surface area (Å²) in [5.74, 6) is -0.281. The second-order valence-electron chi connectivity index (χ2n) is 5.01. The lowest BCUT2D eigenvalue weighted by Crippen LogP contribution is -2.33. The van der Waals surface area contributed by atoms with Crippen LogP contribution in [0, 0.1) is 0 Å². The first-order valence-corrected chi connectivity index (χ1v) is 6.99. The number of carbonyl (C=O) groups excluding carboxylic acids is 1. The van der Waals surface area contributed by atoms with E-state index in [0.717, 1.165) is 5.39 Å². The summed E-state index contributed by atoms with van der Waals surface area (Å²) in [7, 11) is 0. The highest BCUT2D eigenvalue weighted by Crippen LogP contribution is 2.12. The third-order valence-corrected chi connectivity index (χ3v) is 3.51. The van der Waals surface area contributed by atoms with Crippen LogP contribution in [0.1, 0.15) is 13.0 Å². The molecule has 22 heavy (non-hydrogen) atoms. The Morgan fingerprint density at radius 3 is 2.55 bits per heavy atom. The molecular weight excluding hydrogens is 278 g/mol. The van der Waals surface area contributed by atoms with Gasteiger partial charge in [-0.15, -0.1) is 0 Å². The molecule has 3 rings (SSSR count). The van der Waals surface area contributed by atoms with E-state index in [-0.39, 0.29) is 11.5 Å². The molecule has 0 unspecified atom stereocenters. The highest BCUT2D eigenvalue weighted by molar-refractivity contribution is 5.93. The van der Waals surface area contributed by atoms with Crippen LogP contribution in [0.4, 0.5) is 5.69 Å². The molecule has 1 N–H and O–H groups in total. The molecule has 110 valence electrons. The minimum absolute atomic E-state index is 0.270. The zero-order valence-corrected chi connectivity index (χ0v) is 12.1. The van der Waals surface area contributed by atoms with Gasteiger partial charge in [-0.3, -0.25) is 9.59 Å². The van der Waals surface area contributed by atoms with E-state index in [1.807, 2.05) is 30.3 Å². The van der Waals surface area contributed by atoms with Crippen LogP contribution in [0.25, 0.3) is 10.8 Å². The maximum absolute atomic E-state index is 12.4. The second kappa shape index (κ2) is 5.81. The molecule has 1 amide bonds. The van der Waals surface area contributed by atoms with Crippen molar-refractivity contribution in [2.45, 2.75) is 13.0 Å². The molecule has 1 atom stereocenters. The Balaban J connectivity index is 1.92. The van der Waals surface area contributed by atoms with Gasteiger partial charge in [0.2, 0.25) is 5.91 Å². The molecule has 0 aliphatic heterocycles. The van der Waals surface area contributed by atoms with Gasteiger partial charge in [-0.05, 0) is 25.1 Å². The number of nitrogens with zero attached hydrogens (tertiary/aromatic N) is 2. The summed E-state index contributed by atoms with van der Waals surface area (Å²) in [4.78, 5) is 24.7. The average Bonchev–Trinajstić information content (AvgIpc) is 2.56. The SMILES string of the molecule is C[C@@H](C(=O)Nc1ccccc1)n1ncc2ccccc2c1=O. The van der Waals surface area contributed by atoms with Crippen molar-refractivity contribution in [3.63, 3.8) is 0 Å². The Kier molecular flexibility index (Phi) is 3.70. The molecule has 5 nitrogen and oxygen atoms in total. The maximum atomic E-state index is 12.4. The lowest BCUT2D eigenvalue weighted by Gasteiger charge is -2.14. The number of nitrogens with one attached hydrogen (secondary N) is 1. The molecule has 0 bridgehead atoms. The number of anilines is 1. The van der Waals surface area contributed by atoms with Gasteiger partial charge in [0.25, 0.3) is 5.56 Å². The number of hydrogen-bond donors (Lipinski definition) is 1. The van der Waals surface area contributed by atoms with Crippen molar-refractivity contribution in [1.29, 1.82) is 0 Å². The van der Waals surface area contributed by atoms with Crippen LogP contribution in [0.3, 0.4) is 0 Å². The lowest BCUT2D eigenvalue weighted by molar-refractivity contribution is -0.119. The molecule has 0 spiro atoms. The minimum Gasteiger partial charge on any atom is -0.324 e. The first-order chi connectivity index (χ1) is 10.7. The third-order valence-electron chi connectivity index (χ3n) is 3.51. The first-order valence-electron chi connectivity index (χ1n) is 6.99. The van der Waals surface area contributed by atoms with E-state index in [0.29, 0.717) is 11.1 Å². The predicted molar refractivity (Wildman–Crippen MR) is 85.8 cm³/mol. The highest BCUT2D eigenvalue weighted by Gasteiger charge is 2.18. The van der Waals surface area contributed by atoms with Crippen LogP contribution in [0.2, 0.25) is 0 Å². The zero-order chi connectivity index (χ0) is 15.5. The standard InChI is InChI=1S/C17H15N3O2/c1-12(16(21)19-14-8-3-2-4-9-14)20-17(22)15-10-6-5-7-13(15)11-18-20/h2-12H,1H3,(H,19,21)/t12-/m0/s1. The summed E-state index contributed by atoms with van der Waals surface area (Å²) in [6.45, 7) is 1.65. The van der Waals surface area contributed by atoms with E-state index in [1.165, 1.54) is 4.68 Å². The summed E-state index contributed by atoms with van der Waals surface area (Å²) in [6.07, 6.45) is 1.60.